The molecular weight excluding hydrogens is 300 g/mol. The Balaban J connectivity index is 1.86. The molecule has 1 heterocycles. The summed E-state index contributed by atoms with van der Waals surface area (Å²) in [5.41, 5.74) is 2.40. The Morgan fingerprint density at radius 3 is 2.53 bits per heavy atom. The summed E-state index contributed by atoms with van der Waals surface area (Å²) in [5, 5.41) is 0. The number of pyridine rings is 1. The van der Waals surface area contributed by atoms with E-state index in [-0.39, 0.29) is 0 Å². The fourth-order valence-electron chi connectivity index (χ4n) is 2.25. The van der Waals surface area contributed by atoms with Crippen molar-refractivity contribution in [2.24, 2.45) is 0 Å². The molecule has 2 nitrogen and oxygen atoms in total. The molecule has 98 valence electrons. The van der Waals surface area contributed by atoms with Crippen molar-refractivity contribution in [3.8, 4) is 0 Å². The zero-order chi connectivity index (χ0) is 13.2. The Labute approximate surface area is 122 Å². The third-order valence-corrected chi connectivity index (χ3v) is 4.32. The summed E-state index contributed by atoms with van der Waals surface area (Å²) in [6.07, 6.45) is 2.56. The van der Waals surface area contributed by atoms with Crippen LogP contribution in [-0.4, -0.2) is 11.0 Å². The molecule has 3 rings (SSSR count). The SMILES string of the molecule is Cc1nc(N(Cc2ccccc2)C2CC2)ccc1Br. The molecule has 0 radical (unpaired) electrons. The number of aromatic nitrogens is 1. The van der Waals surface area contributed by atoms with Crippen LogP contribution in [0, 0.1) is 6.92 Å². The molecule has 0 saturated heterocycles. The maximum atomic E-state index is 4.71. The van der Waals surface area contributed by atoms with Crippen molar-refractivity contribution in [1.29, 1.82) is 0 Å². The molecule has 1 fully saturated rings. The van der Waals surface area contributed by atoms with E-state index in [2.05, 4.69) is 63.3 Å². The Morgan fingerprint density at radius 2 is 1.89 bits per heavy atom. The van der Waals surface area contributed by atoms with E-state index in [1.807, 2.05) is 6.92 Å². The molecule has 3 heteroatoms. The molecule has 0 spiro atoms. The first-order chi connectivity index (χ1) is 9.24. The average Bonchev–Trinajstić information content (AvgIpc) is 3.25. The standard InChI is InChI=1S/C16H17BrN2/c1-12-15(17)9-10-16(18-12)19(14-7-8-14)11-13-5-3-2-4-6-13/h2-6,9-10,14H,7-8,11H2,1H3. The minimum atomic E-state index is 0.660. The monoisotopic (exact) mass is 316 g/mol. The Kier molecular flexibility index (Phi) is 3.56. The number of benzene rings is 1. The van der Waals surface area contributed by atoms with Gasteiger partial charge in [-0.1, -0.05) is 30.3 Å². The second-order valence-corrected chi connectivity index (χ2v) is 5.94. The van der Waals surface area contributed by atoms with Gasteiger partial charge in [0.1, 0.15) is 5.82 Å². The fourth-order valence-corrected chi connectivity index (χ4v) is 2.48. The highest BCUT2D eigenvalue weighted by atomic mass is 79.9. The Morgan fingerprint density at radius 1 is 1.16 bits per heavy atom. The van der Waals surface area contributed by atoms with Gasteiger partial charge in [-0.2, -0.15) is 0 Å². The lowest BCUT2D eigenvalue weighted by molar-refractivity contribution is 0.775. The molecule has 19 heavy (non-hydrogen) atoms. The summed E-state index contributed by atoms with van der Waals surface area (Å²) < 4.78 is 1.08. The first-order valence-electron chi connectivity index (χ1n) is 6.68. The molecule has 1 aromatic carbocycles. The van der Waals surface area contributed by atoms with Crippen molar-refractivity contribution in [2.75, 3.05) is 4.90 Å². The second kappa shape index (κ2) is 5.33. The van der Waals surface area contributed by atoms with Gasteiger partial charge >= 0.3 is 0 Å². The number of aryl methyl sites for hydroxylation is 1. The number of nitrogens with zero attached hydrogens (tertiary/aromatic N) is 2. The average molecular weight is 317 g/mol. The van der Waals surface area contributed by atoms with Gasteiger partial charge in [-0.3, -0.25) is 0 Å². The molecule has 1 aromatic heterocycles. The molecule has 0 atom stereocenters. The molecule has 0 N–H and O–H groups in total. The molecule has 0 unspecified atom stereocenters. The van der Waals surface area contributed by atoms with Crippen molar-refractivity contribution in [1.82, 2.24) is 4.98 Å². The van der Waals surface area contributed by atoms with Gasteiger partial charge in [0.05, 0.1) is 5.69 Å². The van der Waals surface area contributed by atoms with Crippen LogP contribution in [0.1, 0.15) is 24.1 Å². The van der Waals surface area contributed by atoms with Crippen molar-refractivity contribution < 1.29 is 0 Å². The van der Waals surface area contributed by atoms with Crippen LogP contribution in [0.15, 0.2) is 46.9 Å². The van der Waals surface area contributed by atoms with E-state index >= 15 is 0 Å². The minimum Gasteiger partial charge on any atom is -0.349 e. The van der Waals surface area contributed by atoms with Crippen LogP contribution in [0.2, 0.25) is 0 Å². The van der Waals surface area contributed by atoms with E-state index in [1.165, 1.54) is 18.4 Å². The van der Waals surface area contributed by atoms with Gasteiger partial charge in [-0.15, -0.1) is 0 Å². The molecule has 0 amide bonds. The first-order valence-corrected chi connectivity index (χ1v) is 7.47. The zero-order valence-corrected chi connectivity index (χ0v) is 12.6. The fraction of sp³-hybridized carbons (Fsp3) is 0.312. The lowest BCUT2D eigenvalue weighted by Crippen LogP contribution is -2.26. The zero-order valence-electron chi connectivity index (χ0n) is 11.0. The highest BCUT2D eigenvalue weighted by molar-refractivity contribution is 9.10. The normalized spacial score (nSPS) is 14.4. The number of hydrogen-bond donors (Lipinski definition) is 0. The largest absolute Gasteiger partial charge is 0.349 e. The first kappa shape index (κ1) is 12.7. The highest BCUT2D eigenvalue weighted by Crippen LogP contribution is 2.33. The van der Waals surface area contributed by atoms with Crippen LogP contribution in [0.25, 0.3) is 0 Å². The van der Waals surface area contributed by atoms with E-state index < -0.39 is 0 Å². The molecule has 0 aliphatic heterocycles. The number of halogens is 1. The third kappa shape index (κ3) is 2.98. The quantitative estimate of drug-likeness (QED) is 0.835. The molecule has 1 aliphatic carbocycles. The van der Waals surface area contributed by atoms with Gasteiger partial charge < -0.3 is 4.90 Å². The topological polar surface area (TPSA) is 16.1 Å². The maximum Gasteiger partial charge on any atom is 0.129 e. The van der Waals surface area contributed by atoms with Gasteiger partial charge in [-0.05, 0) is 53.4 Å². The summed E-state index contributed by atoms with van der Waals surface area (Å²) in [5.74, 6) is 1.09. The van der Waals surface area contributed by atoms with E-state index in [4.69, 9.17) is 4.98 Å². The molecule has 1 saturated carbocycles. The smallest absolute Gasteiger partial charge is 0.129 e. The van der Waals surface area contributed by atoms with Gasteiger partial charge in [0.2, 0.25) is 0 Å². The van der Waals surface area contributed by atoms with Crippen LogP contribution in [0.3, 0.4) is 0 Å². The van der Waals surface area contributed by atoms with Gasteiger partial charge in [0, 0.05) is 17.1 Å². The maximum absolute atomic E-state index is 4.71. The lowest BCUT2D eigenvalue weighted by atomic mass is 10.2. The molecular formula is C16H17BrN2. The third-order valence-electron chi connectivity index (χ3n) is 3.48. The second-order valence-electron chi connectivity index (χ2n) is 5.08. The van der Waals surface area contributed by atoms with E-state index in [1.54, 1.807) is 0 Å². The summed E-state index contributed by atoms with van der Waals surface area (Å²) in [6, 6.07) is 15.5. The number of rotatable bonds is 4. The van der Waals surface area contributed by atoms with Crippen LogP contribution in [0.4, 0.5) is 5.82 Å². The predicted octanol–water partition coefficient (Wildman–Crippen LogP) is 4.32. The molecule has 1 aliphatic rings. The van der Waals surface area contributed by atoms with Crippen LogP contribution < -0.4 is 4.90 Å². The van der Waals surface area contributed by atoms with Gasteiger partial charge in [0.15, 0.2) is 0 Å². The molecule has 2 aromatic rings. The van der Waals surface area contributed by atoms with Crippen LogP contribution >= 0.6 is 15.9 Å². The summed E-state index contributed by atoms with van der Waals surface area (Å²) in [4.78, 5) is 7.13. The minimum absolute atomic E-state index is 0.660. The highest BCUT2D eigenvalue weighted by Gasteiger charge is 2.30. The van der Waals surface area contributed by atoms with Crippen molar-refractivity contribution in [3.63, 3.8) is 0 Å². The predicted molar refractivity (Wildman–Crippen MR) is 82.3 cm³/mol. The van der Waals surface area contributed by atoms with E-state index in [9.17, 15) is 0 Å². The van der Waals surface area contributed by atoms with Crippen LogP contribution in [0.5, 0.6) is 0 Å². The van der Waals surface area contributed by atoms with Crippen molar-refractivity contribution in [2.45, 2.75) is 32.4 Å². The summed E-state index contributed by atoms with van der Waals surface area (Å²) in [7, 11) is 0. The summed E-state index contributed by atoms with van der Waals surface area (Å²) in [6.45, 7) is 2.99. The van der Waals surface area contributed by atoms with E-state index in [0.717, 1.165) is 22.5 Å². The van der Waals surface area contributed by atoms with Crippen molar-refractivity contribution >= 4 is 21.7 Å². The molecule has 0 bridgehead atoms. The number of anilines is 1. The van der Waals surface area contributed by atoms with Crippen LogP contribution in [-0.2, 0) is 6.54 Å². The summed E-state index contributed by atoms with van der Waals surface area (Å²) >= 11 is 3.52. The van der Waals surface area contributed by atoms with Crippen molar-refractivity contribution in [3.05, 3.63) is 58.2 Å². The van der Waals surface area contributed by atoms with Gasteiger partial charge in [-0.25, -0.2) is 4.98 Å². The van der Waals surface area contributed by atoms with E-state index in [0.29, 0.717) is 6.04 Å². The Hall–Kier alpha value is -1.35. The Bertz CT molecular complexity index is 564. The lowest BCUT2D eigenvalue weighted by Gasteiger charge is -2.24. The number of hydrogen-bond acceptors (Lipinski definition) is 2. The van der Waals surface area contributed by atoms with Gasteiger partial charge in [0.25, 0.3) is 0 Å².